The van der Waals surface area contributed by atoms with E-state index >= 15 is 0 Å². The average Bonchev–Trinajstić information content (AvgIpc) is 2.63. The van der Waals surface area contributed by atoms with Gasteiger partial charge in [0.1, 0.15) is 0 Å². The van der Waals surface area contributed by atoms with Crippen LogP contribution in [0.4, 0.5) is 0 Å². The molecular formula is C20H29N2O5. The number of rotatable bonds is 16. The molecule has 0 aliphatic rings. The molecule has 1 radical (unpaired) electrons. The number of hydrogen-bond acceptors (Lipinski definition) is 5. The minimum absolute atomic E-state index is 0.0323. The van der Waals surface area contributed by atoms with Crippen LogP contribution in [0, 0.1) is 20.2 Å². The van der Waals surface area contributed by atoms with E-state index in [1.165, 1.54) is 12.2 Å². The van der Waals surface area contributed by atoms with Crippen LogP contribution >= 0.6 is 0 Å². The zero-order chi connectivity index (χ0) is 20.3. The Kier molecular flexibility index (Phi) is 15.3. The van der Waals surface area contributed by atoms with Crippen LogP contribution < -0.4 is 0 Å². The summed E-state index contributed by atoms with van der Waals surface area (Å²) in [6, 6.07) is 0. The molecule has 0 rings (SSSR count). The highest BCUT2D eigenvalue weighted by molar-refractivity contribution is 5.50. The summed E-state index contributed by atoms with van der Waals surface area (Å²) in [6.07, 6.45) is 18.4. The van der Waals surface area contributed by atoms with E-state index in [4.69, 9.17) is 0 Å². The largest absolute Gasteiger partial charge is 0.291 e. The van der Waals surface area contributed by atoms with Crippen molar-refractivity contribution >= 4 is 6.29 Å². The van der Waals surface area contributed by atoms with Gasteiger partial charge >= 0.3 is 0 Å². The van der Waals surface area contributed by atoms with E-state index in [0.29, 0.717) is 25.7 Å². The Morgan fingerprint density at radius 3 is 2.19 bits per heavy atom. The van der Waals surface area contributed by atoms with Crippen molar-refractivity contribution in [2.75, 3.05) is 0 Å². The van der Waals surface area contributed by atoms with Crippen LogP contribution in [-0.2, 0) is 4.79 Å². The lowest BCUT2D eigenvalue weighted by atomic mass is 10.1. The lowest BCUT2D eigenvalue weighted by molar-refractivity contribution is -0.432. The third-order valence-electron chi connectivity index (χ3n) is 3.80. The van der Waals surface area contributed by atoms with Crippen molar-refractivity contribution in [1.82, 2.24) is 0 Å². The number of unbranched alkanes of at least 4 members (excludes halogenated alkanes) is 4. The lowest BCUT2D eigenvalue weighted by Gasteiger charge is -1.99. The lowest BCUT2D eigenvalue weighted by Crippen LogP contribution is -2.02. The first kappa shape index (κ1) is 24.4. The third kappa shape index (κ3) is 14.3. The molecule has 0 fully saturated rings. The summed E-state index contributed by atoms with van der Waals surface area (Å²) in [6.45, 7) is 2.01. The molecule has 0 amide bonds. The van der Waals surface area contributed by atoms with Gasteiger partial charge < -0.3 is 0 Å². The Bertz CT molecular complexity index is 577. The molecule has 0 saturated carbocycles. The van der Waals surface area contributed by atoms with Gasteiger partial charge in [0.05, 0.1) is 16.3 Å². The highest BCUT2D eigenvalue weighted by Crippen LogP contribution is 2.14. The van der Waals surface area contributed by atoms with Crippen molar-refractivity contribution in [2.24, 2.45) is 0 Å². The highest BCUT2D eigenvalue weighted by Gasteiger charge is 2.14. The SMILES string of the molecule is CCCCC/C(=C\C/C(=C\C/C=C\C/C=C\CCC[C]=O)[N+](=O)[O-])[N+](=O)[O-]. The fourth-order valence-corrected chi connectivity index (χ4v) is 2.26. The zero-order valence-electron chi connectivity index (χ0n) is 16.0. The molecule has 0 spiro atoms. The summed E-state index contributed by atoms with van der Waals surface area (Å²) in [5.41, 5.74) is 0.0132. The molecule has 0 aromatic rings. The van der Waals surface area contributed by atoms with Crippen LogP contribution in [-0.4, -0.2) is 16.1 Å². The van der Waals surface area contributed by atoms with Crippen molar-refractivity contribution in [3.05, 3.63) is 68.1 Å². The summed E-state index contributed by atoms with van der Waals surface area (Å²) in [7, 11) is 0. The van der Waals surface area contributed by atoms with E-state index in [2.05, 4.69) is 0 Å². The number of nitro groups is 2. The minimum Gasteiger partial charge on any atom is -0.291 e. The Hall–Kier alpha value is -2.57. The summed E-state index contributed by atoms with van der Waals surface area (Å²) < 4.78 is 0. The van der Waals surface area contributed by atoms with Crippen LogP contribution in [0.3, 0.4) is 0 Å². The Morgan fingerprint density at radius 1 is 0.889 bits per heavy atom. The van der Waals surface area contributed by atoms with Gasteiger partial charge in [0.15, 0.2) is 6.29 Å². The topological polar surface area (TPSA) is 103 Å². The Balaban J connectivity index is 4.49. The summed E-state index contributed by atoms with van der Waals surface area (Å²) in [4.78, 5) is 31.2. The van der Waals surface area contributed by atoms with Crippen LogP contribution in [0.15, 0.2) is 47.9 Å². The predicted octanol–water partition coefficient (Wildman–Crippen LogP) is 5.45. The van der Waals surface area contributed by atoms with E-state index < -0.39 is 9.85 Å². The molecule has 7 nitrogen and oxygen atoms in total. The van der Waals surface area contributed by atoms with Gasteiger partial charge in [-0.05, 0) is 44.3 Å². The van der Waals surface area contributed by atoms with Gasteiger partial charge in [0, 0.05) is 12.8 Å². The summed E-state index contributed by atoms with van der Waals surface area (Å²) >= 11 is 0. The molecule has 0 bridgehead atoms. The van der Waals surface area contributed by atoms with Crippen molar-refractivity contribution in [3.63, 3.8) is 0 Å². The monoisotopic (exact) mass is 377 g/mol. The zero-order valence-corrected chi connectivity index (χ0v) is 16.0. The van der Waals surface area contributed by atoms with Gasteiger partial charge in [-0.3, -0.25) is 25.0 Å². The molecular weight excluding hydrogens is 348 g/mol. The molecule has 0 aromatic carbocycles. The molecule has 0 aromatic heterocycles. The normalized spacial score (nSPS) is 12.8. The molecule has 0 unspecified atom stereocenters. The van der Waals surface area contributed by atoms with E-state index in [-0.39, 0.29) is 17.8 Å². The second-order valence-electron chi connectivity index (χ2n) is 6.02. The fourth-order valence-electron chi connectivity index (χ4n) is 2.26. The molecule has 7 heteroatoms. The number of nitrogens with zero attached hydrogens (tertiary/aromatic N) is 2. The van der Waals surface area contributed by atoms with Crippen LogP contribution in [0.2, 0.25) is 0 Å². The van der Waals surface area contributed by atoms with E-state index in [0.717, 1.165) is 32.1 Å². The maximum absolute atomic E-state index is 11.1. The smallest absolute Gasteiger partial charge is 0.246 e. The maximum atomic E-state index is 11.1. The first-order valence-electron chi connectivity index (χ1n) is 9.34. The van der Waals surface area contributed by atoms with Crippen molar-refractivity contribution < 1.29 is 14.6 Å². The van der Waals surface area contributed by atoms with Gasteiger partial charge in [0.2, 0.25) is 11.4 Å². The van der Waals surface area contributed by atoms with E-state index in [1.54, 1.807) is 0 Å². The highest BCUT2D eigenvalue weighted by atomic mass is 16.6. The first-order valence-corrected chi connectivity index (χ1v) is 9.34. The molecule has 0 atom stereocenters. The van der Waals surface area contributed by atoms with Gasteiger partial charge in [-0.2, -0.15) is 0 Å². The van der Waals surface area contributed by atoms with Gasteiger partial charge in [-0.1, -0.05) is 44.1 Å². The molecule has 0 N–H and O–H groups in total. The maximum Gasteiger partial charge on any atom is 0.246 e. The predicted molar refractivity (Wildman–Crippen MR) is 106 cm³/mol. The van der Waals surface area contributed by atoms with Gasteiger partial charge in [-0.25, -0.2) is 0 Å². The Morgan fingerprint density at radius 2 is 1.56 bits per heavy atom. The summed E-state index contributed by atoms with van der Waals surface area (Å²) in [5, 5.41) is 22.1. The second kappa shape index (κ2) is 16.9. The van der Waals surface area contributed by atoms with Crippen molar-refractivity contribution in [3.8, 4) is 0 Å². The van der Waals surface area contributed by atoms with Crippen LogP contribution in [0.5, 0.6) is 0 Å². The molecule has 0 aliphatic heterocycles. The van der Waals surface area contributed by atoms with Crippen LogP contribution in [0.25, 0.3) is 0 Å². The third-order valence-corrected chi connectivity index (χ3v) is 3.80. The molecule has 0 saturated heterocycles. The quantitative estimate of drug-likeness (QED) is 0.154. The minimum atomic E-state index is -0.488. The summed E-state index contributed by atoms with van der Waals surface area (Å²) in [5.74, 6) is 0. The molecule has 149 valence electrons. The molecule has 0 aliphatic carbocycles. The van der Waals surface area contributed by atoms with Gasteiger partial charge in [-0.15, -0.1) is 0 Å². The number of allylic oxidation sites excluding steroid dienone is 7. The average molecular weight is 377 g/mol. The van der Waals surface area contributed by atoms with Crippen LogP contribution in [0.1, 0.15) is 71.1 Å². The fraction of sp³-hybridized carbons (Fsp3) is 0.550. The van der Waals surface area contributed by atoms with Crippen molar-refractivity contribution in [2.45, 2.75) is 71.1 Å². The molecule has 27 heavy (non-hydrogen) atoms. The van der Waals surface area contributed by atoms with Crippen molar-refractivity contribution in [1.29, 1.82) is 0 Å². The van der Waals surface area contributed by atoms with E-state index in [1.807, 2.05) is 37.5 Å². The van der Waals surface area contributed by atoms with E-state index in [9.17, 15) is 25.0 Å². The second-order valence-corrected chi connectivity index (χ2v) is 6.02. The Labute approximate surface area is 160 Å². The number of carbonyl (C=O) groups excluding carboxylic acids is 1. The standard InChI is InChI=1S/C20H29N2O5/c1-2-3-11-14-19(21(24)25)16-17-20(22(26)27)15-12-9-7-5-4-6-8-10-13-18-23/h4,6-7,9,15-16H,2-3,5,8,10-14,17H2,1H3/b6-4-,9-7-,19-16+,20-15+. The molecule has 0 heterocycles. The number of hydrogen-bond donors (Lipinski definition) is 0. The first-order chi connectivity index (χ1) is 13.0. The van der Waals surface area contributed by atoms with Gasteiger partial charge in [0.25, 0.3) is 0 Å².